The lowest BCUT2D eigenvalue weighted by molar-refractivity contribution is -0.163. The number of nitrogens with zero attached hydrogens (tertiary/aromatic N) is 4. The van der Waals surface area contributed by atoms with E-state index in [0.29, 0.717) is 22.7 Å². The predicted molar refractivity (Wildman–Crippen MR) is 101 cm³/mol. The van der Waals surface area contributed by atoms with Gasteiger partial charge in [-0.1, -0.05) is 19.0 Å². The number of halogens is 1. The Hall–Kier alpha value is -1.77. The van der Waals surface area contributed by atoms with Gasteiger partial charge in [0.05, 0.1) is 18.3 Å². The molecule has 1 saturated carbocycles. The maximum Gasteiger partial charge on any atom is 0.226 e. The fraction of sp³-hybridized carbons (Fsp3) is 0.667. The Morgan fingerprint density at radius 1 is 1.30 bits per heavy atom. The van der Waals surface area contributed by atoms with Crippen LogP contribution in [0.3, 0.4) is 0 Å². The van der Waals surface area contributed by atoms with Crippen LogP contribution in [-0.4, -0.2) is 49.5 Å². The Balaban J connectivity index is 0.00000210. The van der Waals surface area contributed by atoms with Crippen LogP contribution in [-0.2, 0) is 14.3 Å². The first-order chi connectivity index (χ1) is 12.3. The lowest BCUT2D eigenvalue weighted by atomic mass is 10.0. The van der Waals surface area contributed by atoms with Crippen molar-refractivity contribution < 1.29 is 14.3 Å². The Bertz CT molecular complexity index is 853. The smallest absolute Gasteiger partial charge is 0.226 e. The fourth-order valence-corrected chi connectivity index (χ4v) is 4.12. The number of carbonyl (C=O) groups excluding carboxylic acids is 1. The minimum atomic E-state index is -0.743. The van der Waals surface area contributed by atoms with Crippen molar-refractivity contribution in [2.45, 2.75) is 71.6 Å². The fourth-order valence-electron chi connectivity index (χ4n) is 3.94. The number of hydrogen-bond donors (Lipinski definition) is 1. The van der Waals surface area contributed by atoms with E-state index in [1.807, 2.05) is 32.3 Å². The molecule has 1 N–H and O–H groups in total. The standard InChI is InChI=1S/C17H22ClN5O3.CH4/c1-8(2)22-16(24)9-5-10(13-12(9)25-17(3,4)26-13)23-7-21-11-14(18)19-6-20-15(11)23;/h6-10,12-13H,5H2,1-4H3,(H,22,24);1H4/t9-,10+,12+,13-;/m0./s1. The van der Waals surface area contributed by atoms with Crippen LogP contribution in [0.2, 0.25) is 5.15 Å². The van der Waals surface area contributed by atoms with Gasteiger partial charge in [0.2, 0.25) is 5.91 Å². The van der Waals surface area contributed by atoms with Gasteiger partial charge in [-0.15, -0.1) is 0 Å². The topological polar surface area (TPSA) is 91.2 Å². The van der Waals surface area contributed by atoms with Crippen LogP contribution in [0.5, 0.6) is 0 Å². The SMILES string of the molecule is C.CC(C)NC(=O)[C@H]1C[C@@H](n2cnc3c(Cl)ncnc32)[C@@H]2OC(C)(C)O[C@@H]21. The molecule has 9 heteroatoms. The van der Waals surface area contributed by atoms with Gasteiger partial charge in [-0.25, -0.2) is 15.0 Å². The van der Waals surface area contributed by atoms with Gasteiger partial charge in [-0.05, 0) is 34.1 Å². The minimum absolute atomic E-state index is 0. The van der Waals surface area contributed by atoms with E-state index in [1.54, 1.807) is 6.33 Å². The second-order valence-corrected chi connectivity index (χ2v) is 7.98. The second-order valence-electron chi connectivity index (χ2n) is 7.63. The van der Waals surface area contributed by atoms with E-state index in [9.17, 15) is 4.79 Å². The Labute approximate surface area is 163 Å². The maximum atomic E-state index is 12.7. The number of amides is 1. The Morgan fingerprint density at radius 2 is 2.00 bits per heavy atom. The van der Waals surface area contributed by atoms with E-state index < -0.39 is 5.79 Å². The summed E-state index contributed by atoms with van der Waals surface area (Å²) in [4.78, 5) is 25.4. The van der Waals surface area contributed by atoms with Gasteiger partial charge < -0.3 is 19.4 Å². The highest BCUT2D eigenvalue weighted by Gasteiger charge is 2.57. The summed E-state index contributed by atoms with van der Waals surface area (Å²) in [5.41, 5.74) is 1.17. The molecule has 4 rings (SSSR count). The number of ether oxygens (including phenoxy) is 2. The summed E-state index contributed by atoms with van der Waals surface area (Å²) in [6.07, 6.45) is 3.10. The zero-order valence-corrected chi connectivity index (χ0v) is 15.9. The molecule has 0 spiro atoms. The third-order valence-corrected chi connectivity index (χ3v) is 5.15. The van der Waals surface area contributed by atoms with E-state index >= 15 is 0 Å². The van der Waals surface area contributed by atoms with E-state index in [4.69, 9.17) is 21.1 Å². The molecule has 0 unspecified atom stereocenters. The molecule has 0 aromatic carbocycles. The molecule has 0 radical (unpaired) electrons. The first-order valence-corrected chi connectivity index (χ1v) is 9.13. The first kappa shape index (κ1) is 20.0. The van der Waals surface area contributed by atoms with Gasteiger partial charge in [-0.3, -0.25) is 4.79 Å². The average Bonchev–Trinajstić information content (AvgIpc) is 3.17. The van der Waals surface area contributed by atoms with Crippen LogP contribution < -0.4 is 5.32 Å². The average molecular weight is 396 g/mol. The zero-order valence-electron chi connectivity index (χ0n) is 15.1. The molecule has 0 bridgehead atoms. The molecule has 8 nitrogen and oxygen atoms in total. The number of nitrogens with one attached hydrogen (secondary N) is 1. The molecular formula is C18H26ClN5O3. The maximum absolute atomic E-state index is 12.7. The van der Waals surface area contributed by atoms with E-state index in [-0.39, 0.29) is 43.5 Å². The molecule has 2 aromatic heterocycles. The van der Waals surface area contributed by atoms with E-state index in [1.165, 1.54) is 6.33 Å². The number of carbonyl (C=O) groups is 1. The van der Waals surface area contributed by atoms with Crippen molar-refractivity contribution in [1.29, 1.82) is 0 Å². The van der Waals surface area contributed by atoms with Gasteiger partial charge >= 0.3 is 0 Å². The highest BCUT2D eigenvalue weighted by atomic mass is 35.5. The summed E-state index contributed by atoms with van der Waals surface area (Å²) in [5, 5.41) is 3.30. The molecule has 1 aliphatic heterocycles. The van der Waals surface area contributed by atoms with Crippen molar-refractivity contribution in [3.63, 3.8) is 0 Å². The largest absolute Gasteiger partial charge is 0.354 e. The number of aromatic nitrogens is 4. The van der Waals surface area contributed by atoms with Crippen molar-refractivity contribution in [2.75, 3.05) is 0 Å². The van der Waals surface area contributed by atoms with Gasteiger partial charge in [0.15, 0.2) is 16.6 Å². The van der Waals surface area contributed by atoms with Crippen LogP contribution in [0, 0.1) is 5.92 Å². The van der Waals surface area contributed by atoms with E-state index in [2.05, 4.69) is 20.3 Å². The molecule has 4 atom stereocenters. The summed E-state index contributed by atoms with van der Waals surface area (Å²) in [5.74, 6) is -1.06. The molecule has 2 aromatic rings. The molecule has 1 saturated heterocycles. The monoisotopic (exact) mass is 395 g/mol. The van der Waals surface area contributed by atoms with Crippen LogP contribution in [0.15, 0.2) is 12.7 Å². The third-order valence-electron chi connectivity index (χ3n) is 4.87. The van der Waals surface area contributed by atoms with Gasteiger partial charge in [0.1, 0.15) is 24.1 Å². The van der Waals surface area contributed by atoms with Gasteiger partial charge in [-0.2, -0.15) is 0 Å². The summed E-state index contributed by atoms with van der Waals surface area (Å²) in [6.45, 7) is 7.62. The number of fused-ring (bicyclic) bond motifs is 2. The van der Waals surface area contributed by atoms with Crippen LogP contribution in [0.25, 0.3) is 11.2 Å². The summed E-state index contributed by atoms with van der Waals surface area (Å²) in [6, 6.07) is -0.0587. The van der Waals surface area contributed by atoms with Crippen molar-refractivity contribution in [3.05, 3.63) is 17.8 Å². The quantitative estimate of drug-likeness (QED) is 0.803. The van der Waals surface area contributed by atoms with Crippen molar-refractivity contribution in [1.82, 2.24) is 24.8 Å². The van der Waals surface area contributed by atoms with Gasteiger partial charge in [0.25, 0.3) is 0 Å². The number of rotatable bonds is 3. The zero-order chi connectivity index (χ0) is 18.6. The molecule has 2 fully saturated rings. The lowest BCUT2D eigenvalue weighted by Crippen LogP contribution is -2.40. The Kier molecular flexibility index (Phi) is 5.18. The van der Waals surface area contributed by atoms with Crippen molar-refractivity contribution in [3.8, 4) is 0 Å². The first-order valence-electron chi connectivity index (χ1n) is 8.76. The summed E-state index contributed by atoms with van der Waals surface area (Å²) < 4.78 is 14.1. The Morgan fingerprint density at radius 3 is 2.70 bits per heavy atom. The van der Waals surface area contributed by atoms with E-state index in [0.717, 1.165) is 0 Å². The molecule has 2 aliphatic rings. The normalized spacial score (nSPS) is 29.0. The number of imidazole rings is 1. The molecule has 1 amide bonds. The third kappa shape index (κ3) is 3.41. The highest BCUT2D eigenvalue weighted by Crippen LogP contribution is 2.47. The molecule has 148 valence electrons. The second kappa shape index (κ2) is 7.00. The van der Waals surface area contributed by atoms with Crippen LogP contribution in [0.4, 0.5) is 0 Å². The highest BCUT2D eigenvalue weighted by molar-refractivity contribution is 6.33. The summed E-state index contributed by atoms with van der Waals surface area (Å²) >= 11 is 6.12. The minimum Gasteiger partial charge on any atom is -0.354 e. The number of hydrogen-bond acceptors (Lipinski definition) is 6. The van der Waals surface area contributed by atoms with Crippen molar-refractivity contribution in [2.24, 2.45) is 5.92 Å². The molecule has 3 heterocycles. The van der Waals surface area contributed by atoms with Crippen molar-refractivity contribution >= 4 is 28.7 Å². The summed E-state index contributed by atoms with van der Waals surface area (Å²) in [7, 11) is 0. The molecule has 1 aliphatic carbocycles. The predicted octanol–water partition coefficient (Wildman–Crippen LogP) is 2.72. The molecule has 27 heavy (non-hydrogen) atoms. The van der Waals surface area contributed by atoms with Crippen LogP contribution >= 0.6 is 11.6 Å². The lowest BCUT2D eigenvalue weighted by Gasteiger charge is -2.24. The molecular weight excluding hydrogens is 370 g/mol. The van der Waals surface area contributed by atoms with Crippen LogP contribution in [0.1, 0.15) is 47.6 Å². The van der Waals surface area contributed by atoms with Gasteiger partial charge in [0, 0.05) is 6.04 Å².